The minimum absolute atomic E-state index is 0.0148. The molecule has 9 nitrogen and oxygen atoms in total. The monoisotopic (exact) mass is 349 g/mol. The highest BCUT2D eigenvalue weighted by Crippen LogP contribution is 2.29. The molecule has 1 heterocycles. The molecular weight excluding hydrogens is 326 g/mol. The minimum Gasteiger partial charge on any atom is -0.497 e. The van der Waals surface area contributed by atoms with Crippen LogP contribution in [0.1, 0.15) is 30.5 Å². The maximum Gasteiger partial charge on any atom is 0.315 e. The summed E-state index contributed by atoms with van der Waals surface area (Å²) in [6.07, 6.45) is 0.616. The van der Waals surface area contributed by atoms with E-state index in [0.29, 0.717) is 22.9 Å². The lowest BCUT2D eigenvalue weighted by Gasteiger charge is -2.18. The number of carbonyl (C=O) groups excluding carboxylic acids is 1. The van der Waals surface area contributed by atoms with Crippen molar-refractivity contribution in [3.63, 3.8) is 0 Å². The Labute approximate surface area is 146 Å². The molecule has 2 aromatic rings. The smallest absolute Gasteiger partial charge is 0.315 e. The van der Waals surface area contributed by atoms with E-state index in [2.05, 4.69) is 20.8 Å². The number of methoxy groups -OCH3 is 2. The van der Waals surface area contributed by atoms with E-state index in [0.717, 1.165) is 0 Å². The second-order valence-electron chi connectivity index (χ2n) is 5.50. The van der Waals surface area contributed by atoms with E-state index in [9.17, 15) is 9.90 Å². The van der Waals surface area contributed by atoms with Gasteiger partial charge in [0.25, 0.3) is 0 Å². The predicted molar refractivity (Wildman–Crippen MR) is 90.5 cm³/mol. The summed E-state index contributed by atoms with van der Waals surface area (Å²) in [5, 5.41) is 23.4. The fourth-order valence-corrected chi connectivity index (χ4v) is 2.40. The molecule has 0 saturated heterocycles. The Bertz CT molecular complexity index is 718. The van der Waals surface area contributed by atoms with Gasteiger partial charge in [0.05, 0.1) is 20.3 Å². The van der Waals surface area contributed by atoms with Crippen LogP contribution in [-0.4, -0.2) is 46.7 Å². The highest BCUT2D eigenvalue weighted by molar-refractivity contribution is 5.74. The Morgan fingerprint density at radius 2 is 2.12 bits per heavy atom. The maximum atomic E-state index is 12.0. The van der Waals surface area contributed by atoms with Crippen molar-refractivity contribution in [3.8, 4) is 11.5 Å². The summed E-state index contributed by atoms with van der Waals surface area (Å²) in [5.74, 6) is 1.74. The van der Waals surface area contributed by atoms with Crippen LogP contribution in [0.15, 0.2) is 24.5 Å². The Morgan fingerprint density at radius 1 is 1.36 bits per heavy atom. The largest absolute Gasteiger partial charge is 0.497 e. The van der Waals surface area contributed by atoms with Crippen LogP contribution in [-0.2, 0) is 7.05 Å². The molecule has 2 rings (SSSR count). The molecule has 0 aliphatic heterocycles. The quantitative estimate of drug-likeness (QED) is 0.686. The number of ether oxygens (including phenoxy) is 2. The number of urea groups is 1. The van der Waals surface area contributed by atoms with Crippen molar-refractivity contribution >= 4 is 6.03 Å². The average molecular weight is 349 g/mol. The molecule has 0 fully saturated rings. The van der Waals surface area contributed by atoms with Crippen molar-refractivity contribution in [2.24, 2.45) is 7.05 Å². The first-order valence-corrected chi connectivity index (χ1v) is 7.74. The standard InChI is InChI=1S/C16H23N5O4/c1-10(15-20-18-9-21(15)2)19-16(23)17-8-13(22)12-7-11(24-3)5-6-14(12)25-4/h5-7,9-10,13,22H,8H2,1-4H3,(H2,17,19,23)/t10-,13+/m1/s1. The van der Waals surface area contributed by atoms with Gasteiger partial charge in [-0.2, -0.15) is 0 Å². The molecule has 25 heavy (non-hydrogen) atoms. The second-order valence-corrected chi connectivity index (χ2v) is 5.50. The summed E-state index contributed by atoms with van der Waals surface area (Å²) in [7, 11) is 4.85. The summed E-state index contributed by atoms with van der Waals surface area (Å²) in [4.78, 5) is 12.0. The van der Waals surface area contributed by atoms with Crippen molar-refractivity contribution < 1.29 is 19.4 Å². The van der Waals surface area contributed by atoms with Crippen LogP contribution in [0.25, 0.3) is 0 Å². The van der Waals surface area contributed by atoms with Gasteiger partial charge in [0.2, 0.25) is 0 Å². The highest BCUT2D eigenvalue weighted by atomic mass is 16.5. The number of carbonyl (C=O) groups is 1. The Balaban J connectivity index is 1.94. The third kappa shape index (κ3) is 4.60. The zero-order chi connectivity index (χ0) is 18.4. The Morgan fingerprint density at radius 3 is 2.72 bits per heavy atom. The van der Waals surface area contributed by atoms with Gasteiger partial charge in [0.15, 0.2) is 5.82 Å². The number of nitrogens with zero attached hydrogens (tertiary/aromatic N) is 3. The topological polar surface area (TPSA) is 111 Å². The number of aliphatic hydroxyl groups excluding tert-OH is 1. The zero-order valence-corrected chi connectivity index (χ0v) is 14.7. The van der Waals surface area contributed by atoms with Crippen LogP contribution >= 0.6 is 0 Å². The van der Waals surface area contributed by atoms with Gasteiger partial charge >= 0.3 is 6.03 Å². The van der Waals surface area contributed by atoms with E-state index in [1.165, 1.54) is 14.2 Å². The van der Waals surface area contributed by atoms with Gasteiger partial charge in [0, 0.05) is 19.2 Å². The van der Waals surface area contributed by atoms with Gasteiger partial charge in [-0.05, 0) is 25.1 Å². The van der Waals surface area contributed by atoms with Gasteiger partial charge in [-0.15, -0.1) is 10.2 Å². The number of hydrogen-bond donors (Lipinski definition) is 3. The van der Waals surface area contributed by atoms with Crippen LogP contribution in [0, 0.1) is 0 Å². The van der Waals surface area contributed by atoms with Crippen LogP contribution in [0.2, 0.25) is 0 Å². The van der Waals surface area contributed by atoms with E-state index < -0.39 is 12.1 Å². The fourth-order valence-electron chi connectivity index (χ4n) is 2.40. The van der Waals surface area contributed by atoms with Crippen molar-refractivity contribution in [1.29, 1.82) is 0 Å². The molecule has 136 valence electrons. The molecule has 0 unspecified atom stereocenters. The Kier molecular flexibility index (Phi) is 6.18. The van der Waals surface area contributed by atoms with E-state index in [-0.39, 0.29) is 12.6 Å². The van der Waals surface area contributed by atoms with E-state index in [4.69, 9.17) is 9.47 Å². The first kappa shape index (κ1) is 18.5. The van der Waals surface area contributed by atoms with Gasteiger partial charge in [-0.3, -0.25) is 0 Å². The summed E-state index contributed by atoms with van der Waals surface area (Å²) >= 11 is 0. The molecule has 3 N–H and O–H groups in total. The van der Waals surface area contributed by atoms with E-state index >= 15 is 0 Å². The SMILES string of the molecule is COc1ccc(OC)c([C@@H](O)CNC(=O)N[C@H](C)c2nncn2C)c1. The molecule has 0 radical (unpaired) electrons. The van der Waals surface area contributed by atoms with Crippen molar-refractivity contribution in [1.82, 2.24) is 25.4 Å². The summed E-state index contributed by atoms with van der Waals surface area (Å²) in [5.41, 5.74) is 0.531. The first-order valence-electron chi connectivity index (χ1n) is 7.74. The molecular formula is C16H23N5O4. The molecule has 2 amide bonds. The molecule has 9 heteroatoms. The first-order chi connectivity index (χ1) is 12.0. The second kappa shape index (κ2) is 8.34. The molecule has 2 atom stereocenters. The van der Waals surface area contributed by atoms with Crippen LogP contribution < -0.4 is 20.1 Å². The third-order valence-electron chi connectivity index (χ3n) is 3.73. The number of amides is 2. The lowest BCUT2D eigenvalue weighted by molar-refractivity contribution is 0.168. The molecule has 0 bridgehead atoms. The van der Waals surface area contributed by atoms with Crippen molar-refractivity contribution in [2.75, 3.05) is 20.8 Å². The zero-order valence-electron chi connectivity index (χ0n) is 14.7. The summed E-state index contributed by atoms with van der Waals surface area (Å²) in [6.45, 7) is 1.81. The number of nitrogens with one attached hydrogen (secondary N) is 2. The van der Waals surface area contributed by atoms with Gasteiger partial charge in [-0.25, -0.2) is 4.79 Å². The van der Waals surface area contributed by atoms with Crippen molar-refractivity contribution in [3.05, 3.63) is 35.9 Å². The summed E-state index contributed by atoms with van der Waals surface area (Å²) < 4.78 is 12.1. The number of aromatic nitrogens is 3. The van der Waals surface area contributed by atoms with Crippen LogP contribution in [0.4, 0.5) is 4.79 Å². The van der Waals surface area contributed by atoms with E-state index in [1.54, 1.807) is 43.1 Å². The molecule has 0 saturated carbocycles. The van der Waals surface area contributed by atoms with Gasteiger partial charge in [0.1, 0.15) is 23.9 Å². The van der Waals surface area contributed by atoms with Crippen LogP contribution in [0.5, 0.6) is 11.5 Å². The minimum atomic E-state index is -0.944. The molecule has 0 aliphatic carbocycles. The molecule has 0 aliphatic rings. The maximum absolute atomic E-state index is 12.0. The molecule has 1 aromatic carbocycles. The van der Waals surface area contributed by atoms with Crippen molar-refractivity contribution in [2.45, 2.75) is 19.1 Å². The van der Waals surface area contributed by atoms with Gasteiger partial charge < -0.3 is 29.8 Å². The Hall–Kier alpha value is -2.81. The fraction of sp³-hybridized carbons (Fsp3) is 0.438. The predicted octanol–water partition coefficient (Wildman–Crippen LogP) is 0.926. The number of aryl methyl sites for hydroxylation is 1. The molecule has 0 spiro atoms. The molecule has 1 aromatic heterocycles. The normalized spacial score (nSPS) is 13.0. The number of aliphatic hydroxyl groups is 1. The average Bonchev–Trinajstić information content (AvgIpc) is 3.05. The number of benzene rings is 1. The van der Waals surface area contributed by atoms with E-state index in [1.807, 2.05) is 0 Å². The van der Waals surface area contributed by atoms with Crippen LogP contribution in [0.3, 0.4) is 0 Å². The number of hydrogen-bond acceptors (Lipinski definition) is 6. The summed E-state index contributed by atoms with van der Waals surface area (Å²) in [6, 6.07) is 4.36. The third-order valence-corrected chi connectivity index (χ3v) is 3.73. The highest BCUT2D eigenvalue weighted by Gasteiger charge is 2.18. The lowest BCUT2D eigenvalue weighted by Crippen LogP contribution is -2.39. The number of rotatable bonds is 7. The lowest BCUT2D eigenvalue weighted by atomic mass is 10.1. The van der Waals surface area contributed by atoms with Gasteiger partial charge in [-0.1, -0.05) is 0 Å².